The summed E-state index contributed by atoms with van der Waals surface area (Å²) in [5.74, 6) is -3.15. The number of nitrogens with zero attached hydrogens (tertiary/aromatic N) is 1. The lowest BCUT2D eigenvalue weighted by molar-refractivity contribution is 0.0666. The van der Waals surface area contributed by atoms with Crippen LogP contribution in [-0.4, -0.2) is 29.4 Å². The summed E-state index contributed by atoms with van der Waals surface area (Å²) in [6.07, 6.45) is 3.40. The van der Waals surface area contributed by atoms with Crippen LogP contribution in [0.3, 0.4) is 0 Å². The van der Waals surface area contributed by atoms with Crippen molar-refractivity contribution >= 4 is 40.7 Å². The van der Waals surface area contributed by atoms with E-state index in [0.29, 0.717) is 16.8 Å². The van der Waals surface area contributed by atoms with Gasteiger partial charge >= 0.3 is 0 Å². The average Bonchev–Trinajstić information content (AvgIpc) is 3.39. The third kappa shape index (κ3) is 3.20. The van der Waals surface area contributed by atoms with Crippen molar-refractivity contribution in [2.24, 2.45) is 5.41 Å². The van der Waals surface area contributed by atoms with Crippen LogP contribution in [0.2, 0.25) is 5.02 Å². The lowest BCUT2D eigenvalue weighted by Crippen LogP contribution is -2.48. The number of rotatable bonds is 3. The summed E-state index contributed by atoms with van der Waals surface area (Å²) < 4.78 is 28.4. The van der Waals surface area contributed by atoms with Gasteiger partial charge in [0.05, 0.1) is 11.1 Å². The molecule has 2 aliphatic heterocycles. The fourth-order valence-corrected chi connectivity index (χ4v) is 7.04. The van der Waals surface area contributed by atoms with Crippen molar-refractivity contribution in [3.8, 4) is 0 Å². The van der Waals surface area contributed by atoms with Crippen molar-refractivity contribution in [1.29, 1.82) is 0 Å². The molecule has 7 heteroatoms. The first-order valence-corrected chi connectivity index (χ1v) is 13.2. The van der Waals surface area contributed by atoms with Crippen LogP contribution in [0.4, 0.5) is 14.5 Å². The van der Waals surface area contributed by atoms with Crippen LogP contribution in [0.25, 0.3) is 6.08 Å². The number of benzene rings is 4. The number of carbonyl (C=O) groups excluding carboxylic acids is 3. The van der Waals surface area contributed by atoms with Gasteiger partial charge in [0.1, 0.15) is 23.1 Å². The van der Waals surface area contributed by atoms with E-state index in [-0.39, 0.29) is 21.7 Å². The molecule has 1 fully saturated rings. The molecule has 196 valence electrons. The normalized spacial score (nSPS) is 21.9. The van der Waals surface area contributed by atoms with Gasteiger partial charge in [-0.05, 0) is 48.0 Å². The zero-order valence-corrected chi connectivity index (χ0v) is 21.6. The van der Waals surface area contributed by atoms with E-state index in [2.05, 4.69) is 0 Å². The largest absolute Gasteiger partial charge is 0.352 e. The van der Waals surface area contributed by atoms with Gasteiger partial charge in [-0.3, -0.25) is 14.4 Å². The number of ketones is 3. The Morgan fingerprint density at radius 3 is 2.10 bits per heavy atom. The summed E-state index contributed by atoms with van der Waals surface area (Å²) in [7, 11) is 0. The molecule has 4 aromatic rings. The molecule has 0 radical (unpaired) electrons. The molecule has 40 heavy (non-hydrogen) atoms. The monoisotopic (exact) mass is 551 g/mol. The van der Waals surface area contributed by atoms with Gasteiger partial charge in [0.15, 0.2) is 17.3 Å². The molecule has 0 aromatic heterocycles. The first-order chi connectivity index (χ1) is 19.3. The number of hydrogen-bond acceptors (Lipinski definition) is 4. The fraction of sp³-hybridized carbons (Fsp3) is 0.121. The zero-order valence-electron chi connectivity index (χ0n) is 20.9. The van der Waals surface area contributed by atoms with Crippen molar-refractivity contribution < 1.29 is 23.2 Å². The number of fused-ring (bicyclic) bond motifs is 5. The lowest BCUT2D eigenvalue weighted by Gasteiger charge is -2.37. The van der Waals surface area contributed by atoms with Crippen molar-refractivity contribution in [3.05, 3.63) is 142 Å². The molecule has 0 amide bonds. The van der Waals surface area contributed by atoms with Crippen molar-refractivity contribution in [1.82, 2.24) is 0 Å². The molecule has 1 spiro atoms. The van der Waals surface area contributed by atoms with Gasteiger partial charge in [0, 0.05) is 33.9 Å². The highest BCUT2D eigenvalue weighted by atomic mass is 35.5. The minimum Gasteiger partial charge on any atom is -0.352 e. The molecule has 2 heterocycles. The summed E-state index contributed by atoms with van der Waals surface area (Å²) in [5.41, 5.74) is 0.551. The van der Waals surface area contributed by atoms with Gasteiger partial charge < -0.3 is 4.90 Å². The Morgan fingerprint density at radius 1 is 0.800 bits per heavy atom. The smallest absolute Gasteiger partial charge is 0.187 e. The van der Waals surface area contributed by atoms with Crippen LogP contribution >= 0.6 is 11.6 Å². The minimum absolute atomic E-state index is 0.224. The predicted molar refractivity (Wildman–Crippen MR) is 148 cm³/mol. The van der Waals surface area contributed by atoms with Crippen LogP contribution in [0, 0.1) is 17.0 Å². The molecule has 0 saturated carbocycles. The third-order valence-corrected chi connectivity index (χ3v) is 8.73. The third-order valence-electron chi connectivity index (χ3n) is 8.40. The highest BCUT2D eigenvalue weighted by Gasteiger charge is 2.71. The maximum Gasteiger partial charge on any atom is 0.187 e. The Hall–Kier alpha value is -4.42. The van der Waals surface area contributed by atoms with Crippen molar-refractivity contribution in [2.75, 3.05) is 4.90 Å². The number of Topliss-reactive ketones (excluding diaryl/α,β-unsaturated/α-hetero) is 3. The second-order valence-electron chi connectivity index (χ2n) is 10.3. The molecule has 1 aliphatic carbocycles. The first kappa shape index (κ1) is 24.6. The van der Waals surface area contributed by atoms with Crippen LogP contribution in [0.5, 0.6) is 0 Å². The zero-order chi connectivity index (χ0) is 27.8. The highest BCUT2D eigenvalue weighted by Crippen LogP contribution is 2.61. The summed E-state index contributed by atoms with van der Waals surface area (Å²) in [6.45, 7) is 0. The summed E-state index contributed by atoms with van der Waals surface area (Å²) in [6, 6.07) is 21.0. The van der Waals surface area contributed by atoms with Crippen molar-refractivity contribution in [2.45, 2.75) is 18.0 Å². The molecule has 4 nitrogen and oxygen atoms in total. The molecular weight excluding hydrogens is 532 g/mol. The van der Waals surface area contributed by atoms with Gasteiger partial charge in [-0.1, -0.05) is 72.3 Å². The number of halogens is 3. The van der Waals surface area contributed by atoms with Crippen LogP contribution < -0.4 is 4.90 Å². The molecule has 7 rings (SSSR count). The molecule has 3 unspecified atom stereocenters. The predicted octanol–water partition coefficient (Wildman–Crippen LogP) is 6.93. The fourth-order valence-electron chi connectivity index (χ4n) is 6.81. The Morgan fingerprint density at radius 2 is 1.43 bits per heavy atom. The molecule has 0 bridgehead atoms. The van der Waals surface area contributed by atoms with Gasteiger partial charge in [-0.2, -0.15) is 0 Å². The number of hydrogen-bond donors (Lipinski definition) is 0. The molecule has 3 aliphatic rings. The Kier molecular flexibility index (Phi) is 5.41. The van der Waals surface area contributed by atoms with E-state index < -0.39 is 52.4 Å². The summed E-state index contributed by atoms with van der Waals surface area (Å²) >= 11 is 6.50. The Balaban J connectivity index is 1.56. The molecule has 4 aromatic carbocycles. The SMILES string of the molecule is O=C(c1ccccc1Cl)C1C(c2ccc(F)cc2)C2(C(=O)c3ccccc3C2=O)C2C=Cc3cc(F)ccc3N12. The second kappa shape index (κ2) is 8.80. The summed E-state index contributed by atoms with van der Waals surface area (Å²) in [5, 5.41) is 0.224. The maximum atomic E-state index is 14.6. The van der Waals surface area contributed by atoms with E-state index in [1.54, 1.807) is 71.6 Å². The number of anilines is 1. The van der Waals surface area contributed by atoms with E-state index in [1.165, 1.54) is 36.4 Å². The Bertz CT molecular complexity index is 1750. The van der Waals surface area contributed by atoms with Crippen LogP contribution in [0.15, 0.2) is 97.1 Å². The van der Waals surface area contributed by atoms with E-state index >= 15 is 0 Å². The molecule has 3 atom stereocenters. The van der Waals surface area contributed by atoms with Gasteiger partial charge in [0.25, 0.3) is 0 Å². The Labute approximate surface area is 233 Å². The van der Waals surface area contributed by atoms with Gasteiger partial charge in [-0.25, -0.2) is 8.78 Å². The van der Waals surface area contributed by atoms with E-state index in [0.717, 1.165) is 0 Å². The topological polar surface area (TPSA) is 54.5 Å². The standard InChI is InChI=1S/C33H20ClF2NO3/c34-25-8-4-3-7-24(25)30(38)29-28(18-9-12-20(35)13-10-18)33(31(39)22-5-1-2-6-23(22)32(33)40)27-16-11-19-17-21(36)14-15-26(19)37(27)29/h1-17,27-29H. The molecular formula is C33H20ClF2NO3. The maximum absolute atomic E-state index is 14.6. The van der Waals surface area contributed by atoms with Crippen molar-refractivity contribution in [3.63, 3.8) is 0 Å². The van der Waals surface area contributed by atoms with E-state index in [1.807, 2.05) is 0 Å². The average molecular weight is 552 g/mol. The van der Waals surface area contributed by atoms with E-state index in [9.17, 15) is 23.2 Å². The second-order valence-corrected chi connectivity index (χ2v) is 10.7. The summed E-state index contributed by atoms with van der Waals surface area (Å²) in [4.78, 5) is 45.4. The highest BCUT2D eigenvalue weighted by molar-refractivity contribution is 6.35. The van der Waals surface area contributed by atoms with Crippen LogP contribution in [0.1, 0.15) is 48.1 Å². The quantitative estimate of drug-likeness (QED) is 0.204. The lowest BCUT2D eigenvalue weighted by atomic mass is 9.64. The number of carbonyl (C=O) groups is 3. The van der Waals surface area contributed by atoms with E-state index in [4.69, 9.17) is 11.6 Å². The molecule has 1 saturated heterocycles. The van der Waals surface area contributed by atoms with Crippen LogP contribution in [-0.2, 0) is 0 Å². The minimum atomic E-state index is -1.73. The van der Waals surface area contributed by atoms with Gasteiger partial charge in [0.2, 0.25) is 0 Å². The first-order valence-electron chi connectivity index (χ1n) is 12.8. The molecule has 0 N–H and O–H groups in total. The van der Waals surface area contributed by atoms with Gasteiger partial charge in [-0.15, -0.1) is 0 Å².